The van der Waals surface area contributed by atoms with Gasteiger partial charge in [0.15, 0.2) is 12.1 Å². The van der Waals surface area contributed by atoms with Gasteiger partial charge in [-0.3, -0.25) is 14.4 Å². The van der Waals surface area contributed by atoms with Crippen molar-refractivity contribution in [3.05, 3.63) is 65.2 Å². The molecule has 0 unspecified atom stereocenters. The molecule has 0 N–H and O–H groups in total. The van der Waals surface area contributed by atoms with Gasteiger partial charge in [-0.25, -0.2) is 0 Å². The first-order valence-corrected chi connectivity index (χ1v) is 10.9. The highest BCUT2D eigenvalue weighted by Crippen LogP contribution is 2.61. The second kappa shape index (κ2) is 7.50. The quantitative estimate of drug-likeness (QED) is 0.287. The van der Waals surface area contributed by atoms with Crippen LogP contribution in [0.2, 0.25) is 0 Å². The van der Waals surface area contributed by atoms with Crippen molar-refractivity contribution in [2.45, 2.75) is 44.9 Å². The van der Waals surface area contributed by atoms with Crippen LogP contribution in [0.4, 0.5) is 0 Å². The van der Waals surface area contributed by atoms with E-state index in [0.29, 0.717) is 29.4 Å². The number of hydrogen-bond donors (Lipinski definition) is 0. The third kappa shape index (κ3) is 3.49. The maximum absolute atomic E-state index is 13.1. The number of hydrogen-bond acceptors (Lipinski definition) is 4. The monoisotopic (exact) mass is 402 g/mol. The second-order valence-corrected chi connectivity index (χ2v) is 9.60. The van der Waals surface area contributed by atoms with E-state index in [-0.39, 0.29) is 22.9 Å². The average molecular weight is 402 g/mol. The van der Waals surface area contributed by atoms with Crippen LogP contribution in [0.25, 0.3) is 0 Å². The van der Waals surface area contributed by atoms with Gasteiger partial charge in [0, 0.05) is 11.1 Å². The lowest BCUT2D eigenvalue weighted by atomic mass is 9.49. The molecule has 2 aromatic carbocycles. The molecule has 0 atom stereocenters. The summed E-state index contributed by atoms with van der Waals surface area (Å²) in [7, 11) is 0. The maximum Gasteiger partial charge on any atom is 0.311 e. The molecular weight excluding hydrogens is 376 g/mol. The van der Waals surface area contributed by atoms with Crippen molar-refractivity contribution in [1.82, 2.24) is 0 Å². The summed E-state index contributed by atoms with van der Waals surface area (Å²) < 4.78 is 5.75. The molecule has 4 fully saturated rings. The van der Waals surface area contributed by atoms with Crippen LogP contribution in [-0.2, 0) is 4.79 Å². The number of rotatable bonds is 6. The Kier molecular flexibility index (Phi) is 4.80. The van der Waals surface area contributed by atoms with Gasteiger partial charge >= 0.3 is 5.97 Å². The number of esters is 1. The van der Waals surface area contributed by atoms with Crippen LogP contribution in [-0.4, -0.2) is 18.0 Å². The number of carbonyl (C=O) groups excluding carboxylic acids is 3. The van der Waals surface area contributed by atoms with E-state index in [1.807, 2.05) is 0 Å². The molecular formula is C26H26O4. The molecule has 0 radical (unpaired) electrons. The zero-order valence-corrected chi connectivity index (χ0v) is 17.0. The lowest BCUT2D eigenvalue weighted by Crippen LogP contribution is -2.47. The van der Waals surface area contributed by atoms with E-state index in [4.69, 9.17) is 4.74 Å². The number of aldehydes is 1. The summed E-state index contributed by atoms with van der Waals surface area (Å²) in [5.74, 6) is 2.04. The molecule has 0 spiro atoms. The molecule has 4 heteroatoms. The Labute approximate surface area is 176 Å². The molecule has 30 heavy (non-hydrogen) atoms. The molecule has 4 aliphatic carbocycles. The predicted molar refractivity (Wildman–Crippen MR) is 113 cm³/mol. The zero-order chi connectivity index (χ0) is 20.7. The van der Waals surface area contributed by atoms with Crippen molar-refractivity contribution in [3.63, 3.8) is 0 Å². The fourth-order valence-corrected chi connectivity index (χ4v) is 6.67. The van der Waals surface area contributed by atoms with Gasteiger partial charge < -0.3 is 4.74 Å². The van der Waals surface area contributed by atoms with Crippen LogP contribution in [0.3, 0.4) is 0 Å². The number of ketones is 1. The lowest BCUT2D eigenvalue weighted by Gasteiger charge is -2.56. The Bertz CT molecular complexity index is 970. The third-order valence-corrected chi connectivity index (χ3v) is 7.37. The first-order valence-electron chi connectivity index (χ1n) is 10.9. The van der Waals surface area contributed by atoms with Crippen molar-refractivity contribution in [1.29, 1.82) is 0 Å². The van der Waals surface area contributed by atoms with E-state index in [1.54, 1.807) is 48.5 Å². The van der Waals surface area contributed by atoms with Gasteiger partial charge in [0.05, 0.1) is 12.0 Å². The van der Waals surface area contributed by atoms with Crippen LogP contribution in [0.5, 0.6) is 5.75 Å². The molecule has 6 rings (SSSR count). The fourth-order valence-electron chi connectivity index (χ4n) is 6.67. The van der Waals surface area contributed by atoms with Crippen LogP contribution >= 0.6 is 0 Å². The standard InChI is InChI=1S/C26H26O4/c27-16-20-5-1-2-6-21(20)25(29)22-7-3-4-8-23(22)30-24(28)15-26-12-17-9-18(13-26)11-19(10-17)14-26/h1-8,16-19H,9-15H2. The van der Waals surface area contributed by atoms with Crippen molar-refractivity contribution < 1.29 is 19.1 Å². The molecule has 0 amide bonds. The minimum atomic E-state index is -0.309. The van der Waals surface area contributed by atoms with Gasteiger partial charge in [0.25, 0.3) is 0 Å². The lowest BCUT2D eigenvalue weighted by molar-refractivity contribution is -0.142. The van der Waals surface area contributed by atoms with Crippen LogP contribution in [0.1, 0.15) is 71.2 Å². The van der Waals surface area contributed by atoms with E-state index in [2.05, 4.69) is 0 Å². The van der Waals surface area contributed by atoms with E-state index < -0.39 is 0 Å². The van der Waals surface area contributed by atoms with Crippen molar-refractivity contribution in [3.8, 4) is 5.75 Å². The highest BCUT2D eigenvalue weighted by Gasteiger charge is 2.51. The number of para-hydroxylation sites is 1. The maximum atomic E-state index is 13.1. The Morgan fingerprint density at radius 3 is 2.07 bits per heavy atom. The molecule has 0 heterocycles. The smallest absolute Gasteiger partial charge is 0.311 e. The highest BCUT2D eigenvalue weighted by molar-refractivity contribution is 6.14. The Balaban J connectivity index is 1.35. The summed E-state index contributed by atoms with van der Waals surface area (Å²) in [6.45, 7) is 0. The van der Waals surface area contributed by atoms with Gasteiger partial charge in [-0.05, 0) is 73.8 Å². The van der Waals surface area contributed by atoms with Gasteiger partial charge in [0.2, 0.25) is 0 Å². The summed E-state index contributed by atoms with van der Waals surface area (Å²) in [5, 5.41) is 0. The Hall–Kier alpha value is -2.75. The summed E-state index contributed by atoms with van der Waals surface area (Å²) >= 11 is 0. The fraction of sp³-hybridized carbons (Fsp3) is 0.423. The largest absolute Gasteiger partial charge is 0.426 e. The topological polar surface area (TPSA) is 60.4 Å². The third-order valence-electron chi connectivity index (χ3n) is 7.37. The number of ether oxygens (including phenoxy) is 1. The summed E-state index contributed by atoms with van der Waals surface area (Å²) in [6, 6.07) is 13.5. The van der Waals surface area contributed by atoms with Crippen LogP contribution in [0, 0.1) is 23.2 Å². The summed E-state index contributed by atoms with van der Waals surface area (Å²) in [4.78, 5) is 37.4. The molecule has 4 nitrogen and oxygen atoms in total. The Morgan fingerprint density at radius 2 is 1.43 bits per heavy atom. The zero-order valence-electron chi connectivity index (χ0n) is 17.0. The predicted octanol–water partition coefficient (Wildman–Crippen LogP) is 5.24. The molecule has 0 saturated heterocycles. The van der Waals surface area contributed by atoms with E-state index >= 15 is 0 Å². The first-order chi connectivity index (χ1) is 14.5. The van der Waals surface area contributed by atoms with Crippen LogP contribution in [0.15, 0.2) is 48.5 Å². The van der Waals surface area contributed by atoms with Crippen LogP contribution < -0.4 is 4.74 Å². The highest BCUT2D eigenvalue weighted by atomic mass is 16.5. The number of carbonyl (C=O) groups is 3. The first kappa shape index (κ1) is 19.2. The van der Waals surface area contributed by atoms with E-state index in [1.165, 1.54) is 19.3 Å². The van der Waals surface area contributed by atoms with Gasteiger partial charge in [-0.15, -0.1) is 0 Å². The number of benzene rings is 2. The molecule has 4 saturated carbocycles. The van der Waals surface area contributed by atoms with Gasteiger partial charge in [-0.1, -0.05) is 36.4 Å². The molecule has 4 aliphatic rings. The van der Waals surface area contributed by atoms with Crippen molar-refractivity contribution >= 4 is 18.0 Å². The normalized spacial score (nSPS) is 28.9. The van der Waals surface area contributed by atoms with E-state index in [9.17, 15) is 14.4 Å². The van der Waals surface area contributed by atoms with Gasteiger partial charge in [-0.2, -0.15) is 0 Å². The molecule has 154 valence electrons. The SMILES string of the molecule is O=Cc1ccccc1C(=O)c1ccccc1OC(=O)CC12CC3CC(CC(C3)C1)C2. The van der Waals surface area contributed by atoms with Crippen molar-refractivity contribution in [2.75, 3.05) is 0 Å². The Morgan fingerprint density at radius 1 is 0.867 bits per heavy atom. The molecule has 2 aromatic rings. The van der Waals surface area contributed by atoms with E-state index in [0.717, 1.165) is 37.0 Å². The molecule has 0 aliphatic heterocycles. The average Bonchev–Trinajstić information content (AvgIpc) is 2.72. The summed E-state index contributed by atoms with van der Waals surface area (Å²) in [5.41, 5.74) is 1.05. The second-order valence-electron chi connectivity index (χ2n) is 9.60. The summed E-state index contributed by atoms with van der Waals surface area (Å²) in [6.07, 6.45) is 8.54. The molecule has 4 bridgehead atoms. The minimum absolute atomic E-state index is 0.0922. The minimum Gasteiger partial charge on any atom is -0.426 e. The molecule has 0 aromatic heterocycles. The van der Waals surface area contributed by atoms with Crippen molar-refractivity contribution in [2.24, 2.45) is 23.2 Å². The van der Waals surface area contributed by atoms with Gasteiger partial charge in [0.1, 0.15) is 5.75 Å².